The van der Waals surface area contributed by atoms with Gasteiger partial charge in [-0.15, -0.1) is 0 Å². The Kier molecular flexibility index (Phi) is 5.20. The molecule has 4 heteroatoms. The molecule has 0 amide bonds. The zero-order valence-electron chi connectivity index (χ0n) is 17.6. The van der Waals surface area contributed by atoms with Gasteiger partial charge in [-0.3, -0.25) is 0 Å². The second-order valence-electron chi connectivity index (χ2n) is 8.20. The number of rotatable bonds is 0. The van der Waals surface area contributed by atoms with Gasteiger partial charge in [0.25, 0.3) is 0 Å². The summed E-state index contributed by atoms with van der Waals surface area (Å²) in [5, 5.41) is 31.2. The van der Waals surface area contributed by atoms with Gasteiger partial charge in [-0.2, -0.15) is 0 Å². The summed E-state index contributed by atoms with van der Waals surface area (Å²) >= 11 is 0. The lowest BCUT2D eigenvalue weighted by Gasteiger charge is -2.17. The Morgan fingerprint density at radius 3 is 2.19 bits per heavy atom. The Labute approximate surface area is 187 Å². The van der Waals surface area contributed by atoms with Crippen LogP contribution in [0.25, 0.3) is 11.1 Å². The van der Waals surface area contributed by atoms with E-state index in [1.165, 1.54) is 0 Å². The van der Waals surface area contributed by atoms with Gasteiger partial charge in [-0.25, -0.2) is 0 Å². The van der Waals surface area contributed by atoms with E-state index >= 15 is 0 Å². The van der Waals surface area contributed by atoms with Gasteiger partial charge in [0.05, 0.1) is 0 Å². The summed E-state index contributed by atoms with van der Waals surface area (Å²) in [6, 6.07) is 24.2. The molecule has 4 nitrogen and oxygen atoms in total. The van der Waals surface area contributed by atoms with Crippen molar-refractivity contribution in [2.75, 3.05) is 0 Å². The standard InChI is InChI=1S/C28H24O4/c29-22-11-14-24-21(17-22)10-4-18-6-12-23(13-7-18)32-27-16-19(8-15-25(27)30)5-9-20-2-1-3-26(31)28(20)24/h1-3,6-8,11-17,29-31H,4-5,9-10H2. The van der Waals surface area contributed by atoms with E-state index in [-0.39, 0.29) is 17.2 Å². The Balaban J connectivity index is 1.65. The van der Waals surface area contributed by atoms with E-state index in [0.29, 0.717) is 17.9 Å². The van der Waals surface area contributed by atoms with Crippen LogP contribution in [0.15, 0.2) is 78.9 Å². The molecule has 0 unspecified atom stereocenters. The van der Waals surface area contributed by atoms with Gasteiger partial charge < -0.3 is 20.1 Å². The van der Waals surface area contributed by atoms with E-state index in [4.69, 9.17) is 4.74 Å². The number of ether oxygens (including phenoxy) is 1. The summed E-state index contributed by atoms with van der Waals surface area (Å²) in [7, 11) is 0. The van der Waals surface area contributed by atoms with Crippen LogP contribution in [0.2, 0.25) is 0 Å². The summed E-state index contributed by atoms with van der Waals surface area (Å²) in [6.45, 7) is 0. The maximum Gasteiger partial charge on any atom is 0.169 e. The first kappa shape index (κ1) is 20.0. The minimum Gasteiger partial charge on any atom is -0.508 e. The lowest BCUT2D eigenvalue weighted by molar-refractivity contribution is 0.410. The van der Waals surface area contributed by atoms with Crippen LogP contribution in [0.5, 0.6) is 28.7 Å². The van der Waals surface area contributed by atoms with E-state index < -0.39 is 0 Å². The highest BCUT2D eigenvalue weighted by Crippen LogP contribution is 2.38. The molecule has 6 rings (SSSR count). The van der Waals surface area contributed by atoms with E-state index in [0.717, 1.165) is 52.6 Å². The molecule has 0 aromatic heterocycles. The molecular weight excluding hydrogens is 400 g/mol. The average Bonchev–Trinajstić information content (AvgIpc) is 2.79. The van der Waals surface area contributed by atoms with Gasteiger partial charge in [0.1, 0.15) is 17.2 Å². The molecule has 4 bridgehead atoms. The molecule has 2 aliphatic heterocycles. The molecule has 3 N–H and O–H groups in total. The zero-order chi connectivity index (χ0) is 22.1. The number of phenolic OH excluding ortho intramolecular Hbond substituents is 3. The molecule has 0 radical (unpaired) electrons. The number of hydrogen-bond donors (Lipinski definition) is 3. The first-order valence-corrected chi connectivity index (χ1v) is 10.8. The molecule has 160 valence electrons. The summed E-state index contributed by atoms with van der Waals surface area (Å²) in [5.74, 6) is 1.65. The minimum absolute atomic E-state index is 0.103. The fourth-order valence-corrected chi connectivity index (χ4v) is 4.34. The maximum atomic E-state index is 10.8. The Hall–Kier alpha value is -3.92. The highest BCUT2D eigenvalue weighted by molar-refractivity contribution is 5.77. The number of fused-ring (bicyclic) bond motifs is 4. The van der Waals surface area contributed by atoms with Crippen molar-refractivity contribution in [3.05, 3.63) is 101 Å². The lowest BCUT2D eigenvalue weighted by Crippen LogP contribution is -2.00. The Morgan fingerprint density at radius 2 is 1.34 bits per heavy atom. The predicted molar refractivity (Wildman–Crippen MR) is 125 cm³/mol. The molecular formula is C28H24O4. The van der Waals surface area contributed by atoms with Crippen LogP contribution in [0.3, 0.4) is 0 Å². The van der Waals surface area contributed by atoms with Gasteiger partial charge in [-0.05, 0) is 96.0 Å². The third kappa shape index (κ3) is 4.00. The largest absolute Gasteiger partial charge is 0.508 e. The van der Waals surface area contributed by atoms with Crippen LogP contribution in [0.1, 0.15) is 22.3 Å². The number of hydrogen-bond acceptors (Lipinski definition) is 4. The monoisotopic (exact) mass is 424 g/mol. The molecule has 0 aliphatic carbocycles. The van der Waals surface area contributed by atoms with Crippen LogP contribution < -0.4 is 4.74 Å². The molecule has 0 atom stereocenters. The predicted octanol–water partition coefficient (Wildman–Crippen LogP) is 6.15. The summed E-state index contributed by atoms with van der Waals surface area (Å²) < 4.78 is 5.94. The van der Waals surface area contributed by atoms with Crippen molar-refractivity contribution in [3.63, 3.8) is 0 Å². The third-order valence-electron chi connectivity index (χ3n) is 6.03. The van der Waals surface area contributed by atoms with Crippen molar-refractivity contribution in [3.8, 4) is 39.9 Å². The van der Waals surface area contributed by atoms with Crippen molar-refractivity contribution in [1.29, 1.82) is 0 Å². The second kappa shape index (κ2) is 8.31. The molecule has 4 aromatic rings. The fourth-order valence-electron chi connectivity index (χ4n) is 4.34. The van der Waals surface area contributed by atoms with Gasteiger partial charge in [0.15, 0.2) is 11.5 Å². The minimum atomic E-state index is 0.103. The van der Waals surface area contributed by atoms with E-state index in [1.807, 2.05) is 54.6 Å². The first-order valence-electron chi connectivity index (χ1n) is 10.8. The molecule has 32 heavy (non-hydrogen) atoms. The zero-order valence-corrected chi connectivity index (χ0v) is 17.6. The van der Waals surface area contributed by atoms with Gasteiger partial charge in [0, 0.05) is 5.56 Å². The average molecular weight is 424 g/mol. The Morgan fingerprint density at radius 1 is 0.594 bits per heavy atom. The summed E-state index contributed by atoms with van der Waals surface area (Å²) in [6.07, 6.45) is 2.93. The molecule has 0 spiro atoms. The smallest absolute Gasteiger partial charge is 0.169 e. The summed E-state index contributed by atoms with van der Waals surface area (Å²) in [4.78, 5) is 0. The third-order valence-corrected chi connectivity index (χ3v) is 6.03. The van der Waals surface area contributed by atoms with Crippen molar-refractivity contribution in [2.24, 2.45) is 0 Å². The van der Waals surface area contributed by atoms with Crippen LogP contribution in [0, 0.1) is 0 Å². The van der Waals surface area contributed by atoms with Crippen LogP contribution in [0.4, 0.5) is 0 Å². The Bertz CT molecular complexity index is 1280. The maximum absolute atomic E-state index is 10.8. The van der Waals surface area contributed by atoms with Crippen molar-refractivity contribution in [2.45, 2.75) is 25.7 Å². The topological polar surface area (TPSA) is 69.9 Å². The molecule has 0 fully saturated rings. The van der Waals surface area contributed by atoms with Gasteiger partial charge in [-0.1, -0.05) is 36.4 Å². The molecule has 2 aliphatic rings. The number of benzene rings is 4. The SMILES string of the molecule is Oc1ccc2c(c1)CCc1ccc(cc1)Oc1cc(ccc1O)CCc1cccc(O)c1-2. The van der Waals surface area contributed by atoms with Crippen LogP contribution in [-0.4, -0.2) is 15.3 Å². The van der Waals surface area contributed by atoms with Gasteiger partial charge >= 0.3 is 0 Å². The van der Waals surface area contributed by atoms with Crippen molar-refractivity contribution in [1.82, 2.24) is 0 Å². The fraction of sp³-hybridized carbons (Fsp3) is 0.143. The van der Waals surface area contributed by atoms with E-state index in [1.54, 1.807) is 24.3 Å². The first-order chi connectivity index (χ1) is 15.6. The van der Waals surface area contributed by atoms with E-state index in [2.05, 4.69) is 0 Å². The molecule has 0 saturated carbocycles. The highest BCUT2D eigenvalue weighted by atomic mass is 16.5. The second-order valence-corrected chi connectivity index (χ2v) is 8.20. The number of aromatic hydroxyl groups is 3. The highest BCUT2D eigenvalue weighted by Gasteiger charge is 2.16. The molecule has 0 saturated heterocycles. The van der Waals surface area contributed by atoms with Crippen molar-refractivity contribution < 1.29 is 20.1 Å². The molecule has 4 aromatic carbocycles. The van der Waals surface area contributed by atoms with Crippen LogP contribution >= 0.6 is 0 Å². The summed E-state index contributed by atoms with van der Waals surface area (Å²) in [5.41, 5.74) is 5.93. The number of aryl methyl sites for hydroxylation is 4. The quantitative estimate of drug-likeness (QED) is 0.317. The number of phenols is 3. The lowest BCUT2D eigenvalue weighted by atomic mass is 9.89. The van der Waals surface area contributed by atoms with E-state index in [9.17, 15) is 15.3 Å². The molecule has 2 heterocycles. The normalized spacial score (nSPS) is 13.1. The van der Waals surface area contributed by atoms with Crippen molar-refractivity contribution >= 4 is 0 Å². The van der Waals surface area contributed by atoms with Crippen LogP contribution in [-0.2, 0) is 25.7 Å². The van der Waals surface area contributed by atoms with Gasteiger partial charge in [0.2, 0.25) is 0 Å².